The van der Waals surface area contributed by atoms with E-state index in [-0.39, 0.29) is 12.3 Å². The zero-order chi connectivity index (χ0) is 12.0. The lowest BCUT2D eigenvalue weighted by Gasteiger charge is -2.03. The molecule has 2 N–H and O–H groups in total. The molecule has 4 heteroatoms. The second kappa shape index (κ2) is 5.70. The van der Waals surface area contributed by atoms with E-state index in [1.165, 1.54) is 6.08 Å². The average molecular weight is 219 g/mol. The van der Waals surface area contributed by atoms with Crippen LogP contribution in [0, 0.1) is 0 Å². The highest BCUT2D eigenvalue weighted by Gasteiger charge is 2.01. The highest BCUT2D eigenvalue weighted by molar-refractivity contribution is 5.99. The molecule has 16 heavy (non-hydrogen) atoms. The third-order valence-electron chi connectivity index (χ3n) is 1.89. The Hall–Kier alpha value is -2.10. The van der Waals surface area contributed by atoms with Gasteiger partial charge in [-0.2, -0.15) is 0 Å². The SMILES string of the molecule is C/C=C/C(=O)Nc1ccc(CC(=O)O)cc1. The molecule has 1 aromatic rings. The van der Waals surface area contributed by atoms with Crippen molar-refractivity contribution in [3.63, 3.8) is 0 Å². The Morgan fingerprint density at radius 1 is 1.31 bits per heavy atom. The quantitative estimate of drug-likeness (QED) is 0.759. The van der Waals surface area contributed by atoms with E-state index in [0.717, 1.165) is 0 Å². The summed E-state index contributed by atoms with van der Waals surface area (Å²) in [6.45, 7) is 1.76. The zero-order valence-corrected chi connectivity index (χ0v) is 8.93. The smallest absolute Gasteiger partial charge is 0.307 e. The Morgan fingerprint density at radius 3 is 2.44 bits per heavy atom. The maximum Gasteiger partial charge on any atom is 0.307 e. The van der Waals surface area contributed by atoms with Crippen LogP contribution in [-0.4, -0.2) is 17.0 Å². The van der Waals surface area contributed by atoms with Gasteiger partial charge >= 0.3 is 5.97 Å². The number of hydrogen-bond acceptors (Lipinski definition) is 2. The fraction of sp³-hybridized carbons (Fsp3) is 0.167. The number of carboxylic acid groups (broad SMARTS) is 1. The van der Waals surface area contributed by atoms with E-state index >= 15 is 0 Å². The van der Waals surface area contributed by atoms with Crippen LogP contribution in [0.25, 0.3) is 0 Å². The van der Waals surface area contributed by atoms with Crippen LogP contribution >= 0.6 is 0 Å². The van der Waals surface area contributed by atoms with Crippen LogP contribution in [-0.2, 0) is 16.0 Å². The molecular weight excluding hydrogens is 206 g/mol. The predicted molar refractivity (Wildman–Crippen MR) is 61.2 cm³/mol. The van der Waals surface area contributed by atoms with Crippen molar-refractivity contribution in [2.24, 2.45) is 0 Å². The van der Waals surface area contributed by atoms with Gasteiger partial charge in [-0.15, -0.1) is 0 Å². The van der Waals surface area contributed by atoms with Gasteiger partial charge in [-0.05, 0) is 30.7 Å². The summed E-state index contributed by atoms with van der Waals surface area (Å²) < 4.78 is 0. The first-order chi connectivity index (χ1) is 7.61. The van der Waals surface area contributed by atoms with Crippen LogP contribution in [0.1, 0.15) is 12.5 Å². The van der Waals surface area contributed by atoms with E-state index < -0.39 is 5.97 Å². The molecular formula is C12H13NO3. The zero-order valence-electron chi connectivity index (χ0n) is 8.93. The van der Waals surface area contributed by atoms with Gasteiger partial charge in [0.2, 0.25) is 5.91 Å². The van der Waals surface area contributed by atoms with Crippen molar-refractivity contribution >= 4 is 17.6 Å². The number of anilines is 1. The first-order valence-corrected chi connectivity index (χ1v) is 4.86. The van der Waals surface area contributed by atoms with Crippen molar-refractivity contribution in [1.82, 2.24) is 0 Å². The summed E-state index contributed by atoms with van der Waals surface area (Å²) in [6.07, 6.45) is 3.06. The van der Waals surface area contributed by atoms with E-state index in [2.05, 4.69) is 5.32 Å². The molecule has 1 amide bonds. The molecule has 0 aromatic heterocycles. The maximum absolute atomic E-state index is 11.2. The molecule has 0 saturated carbocycles. The van der Waals surface area contributed by atoms with E-state index in [4.69, 9.17) is 5.11 Å². The minimum absolute atomic E-state index is 0.0108. The van der Waals surface area contributed by atoms with Crippen molar-refractivity contribution < 1.29 is 14.7 Å². The van der Waals surface area contributed by atoms with E-state index in [1.807, 2.05) is 0 Å². The Morgan fingerprint density at radius 2 is 1.94 bits per heavy atom. The topological polar surface area (TPSA) is 66.4 Å². The molecule has 0 atom stereocenters. The Bertz CT molecular complexity index is 407. The third kappa shape index (κ3) is 3.96. The molecule has 4 nitrogen and oxygen atoms in total. The Kier molecular flexibility index (Phi) is 4.27. The van der Waals surface area contributed by atoms with Gasteiger partial charge in [0, 0.05) is 5.69 Å². The van der Waals surface area contributed by atoms with Crippen LogP contribution in [0.2, 0.25) is 0 Å². The minimum Gasteiger partial charge on any atom is -0.481 e. The summed E-state index contributed by atoms with van der Waals surface area (Å²) in [5, 5.41) is 11.2. The lowest BCUT2D eigenvalue weighted by atomic mass is 10.1. The number of benzene rings is 1. The number of aliphatic carboxylic acids is 1. The fourth-order valence-corrected chi connectivity index (χ4v) is 1.22. The summed E-state index contributed by atoms with van der Waals surface area (Å²) in [6, 6.07) is 6.72. The number of nitrogens with one attached hydrogen (secondary N) is 1. The lowest BCUT2D eigenvalue weighted by molar-refractivity contribution is -0.136. The number of carbonyl (C=O) groups is 2. The molecule has 0 aliphatic heterocycles. The predicted octanol–water partition coefficient (Wildman–Crippen LogP) is 1.83. The molecule has 0 bridgehead atoms. The van der Waals surface area contributed by atoms with Gasteiger partial charge < -0.3 is 10.4 Å². The normalized spacial score (nSPS) is 10.3. The van der Waals surface area contributed by atoms with E-state index in [1.54, 1.807) is 37.3 Å². The number of rotatable bonds is 4. The number of carboxylic acids is 1. The number of allylic oxidation sites excluding steroid dienone is 1. The van der Waals surface area contributed by atoms with Gasteiger partial charge in [0.15, 0.2) is 0 Å². The summed E-state index contributed by atoms with van der Waals surface area (Å²) >= 11 is 0. The van der Waals surface area contributed by atoms with Gasteiger partial charge in [0.05, 0.1) is 6.42 Å². The summed E-state index contributed by atoms with van der Waals surface area (Å²) in [4.78, 5) is 21.6. The largest absolute Gasteiger partial charge is 0.481 e. The molecule has 84 valence electrons. The summed E-state index contributed by atoms with van der Waals surface area (Å²) in [5.41, 5.74) is 1.36. The fourth-order valence-electron chi connectivity index (χ4n) is 1.22. The van der Waals surface area contributed by atoms with Crippen LogP contribution in [0.4, 0.5) is 5.69 Å². The van der Waals surface area contributed by atoms with Gasteiger partial charge in [0.1, 0.15) is 0 Å². The second-order valence-electron chi connectivity index (χ2n) is 3.26. The number of carbonyl (C=O) groups excluding carboxylic acids is 1. The first kappa shape index (κ1) is 12.0. The number of amides is 1. The number of hydrogen-bond donors (Lipinski definition) is 2. The van der Waals surface area contributed by atoms with Crippen LogP contribution < -0.4 is 5.32 Å². The van der Waals surface area contributed by atoms with Gasteiger partial charge in [-0.1, -0.05) is 18.2 Å². The van der Waals surface area contributed by atoms with Crippen LogP contribution in [0.15, 0.2) is 36.4 Å². The standard InChI is InChI=1S/C12H13NO3/c1-2-3-11(14)13-10-6-4-9(5-7-10)8-12(15)16/h2-7H,8H2,1H3,(H,13,14)(H,15,16)/b3-2+. The van der Waals surface area contributed by atoms with Crippen LogP contribution in [0.3, 0.4) is 0 Å². The van der Waals surface area contributed by atoms with Crippen molar-refractivity contribution in [2.75, 3.05) is 5.32 Å². The molecule has 0 aliphatic rings. The Balaban J connectivity index is 2.64. The van der Waals surface area contributed by atoms with Gasteiger partial charge in [0.25, 0.3) is 0 Å². The lowest BCUT2D eigenvalue weighted by Crippen LogP contribution is -2.07. The van der Waals surface area contributed by atoms with Crippen molar-refractivity contribution in [3.05, 3.63) is 42.0 Å². The van der Waals surface area contributed by atoms with E-state index in [0.29, 0.717) is 11.3 Å². The molecule has 1 rings (SSSR count). The summed E-state index contributed by atoms with van der Waals surface area (Å²) in [5.74, 6) is -1.07. The molecule has 1 aromatic carbocycles. The highest BCUT2D eigenvalue weighted by Crippen LogP contribution is 2.10. The van der Waals surface area contributed by atoms with Gasteiger partial charge in [-0.25, -0.2) is 0 Å². The molecule has 0 fully saturated rings. The summed E-state index contributed by atoms with van der Waals surface area (Å²) in [7, 11) is 0. The molecule has 0 spiro atoms. The average Bonchev–Trinajstić information content (AvgIpc) is 2.20. The molecule has 0 unspecified atom stereocenters. The van der Waals surface area contributed by atoms with E-state index in [9.17, 15) is 9.59 Å². The van der Waals surface area contributed by atoms with Crippen molar-refractivity contribution in [1.29, 1.82) is 0 Å². The van der Waals surface area contributed by atoms with Crippen LogP contribution in [0.5, 0.6) is 0 Å². The monoisotopic (exact) mass is 219 g/mol. The maximum atomic E-state index is 11.2. The second-order valence-corrected chi connectivity index (χ2v) is 3.26. The van der Waals surface area contributed by atoms with Crippen molar-refractivity contribution in [3.8, 4) is 0 Å². The molecule has 0 saturated heterocycles. The minimum atomic E-state index is -0.870. The Labute approximate surface area is 93.6 Å². The van der Waals surface area contributed by atoms with Crippen molar-refractivity contribution in [2.45, 2.75) is 13.3 Å². The van der Waals surface area contributed by atoms with Gasteiger partial charge in [-0.3, -0.25) is 9.59 Å². The molecule has 0 radical (unpaired) electrons. The third-order valence-corrected chi connectivity index (χ3v) is 1.89. The highest BCUT2D eigenvalue weighted by atomic mass is 16.4. The molecule has 0 heterocycles. The first-order valence-electron chi connectivity index (χ1n) is 4.86. The molecule has 0 aliphatic carbocycles.